The molecule has 0 aliphatic carbocycles. The number of aliphatic hydroxyl groups excluding tert-OH is 1. The quantitative estimate of drug-likeness (QED) is 0.871. The highest BCUT2D eigenvalue weighted by atomic mass is 16.5. The molecule has 1 aliphatic rings. The van der Waals surface area contributed by atoms with Gasteiger partial charge in [-0.1, -0.05) is 12.1 Å². The number of hydrogen-bond donors (Lipinski definition) is 2. The topological polar surface area (TPSA) is 50.7 Å². The molecule has 1 aliphatic heterocycles. The molecule has 2 N–H and O–H groups in total. The van der Waals surface area contributed by atoms with Gasteiger partial charge in [0.25, 0.3) is 0 Å². The lowest BCUT2D eigenvalue weighted by atomic mass is 9.87. The van der Waals surface area contributed by atoms with Crippen LogP contribution in [0.2, 0.25) is 0 Å². The maximum absolute atomic E-state index is 11.1. The monoisotopic (exact) mass is 266 g/mol. The van der Waals surface area contributed by atoms with Crippen molar-refractivity contribution >= 4 is 0 Å². The first kappa shape index (κ1) is 3.87. The van der Waals surface area contributed by atoms with Crippen LogP contribution in [0.25, 0.3) is 0 Å². The van der Waals surface area contributed by atoms with Crippen LogP contribution in [0.3, 0.4) is 0 Å². The van der Waals surface area contributed by atoms with Gasteiger partial charge in [-0.05, 0) is 37.7 Å². The van der Waals surface area contributed by atoms with Crippen molar-refractivity contribution in [2.75, 3.05) is 27.1 Å². The van der Waals surface area contributed by atoms with E-state index >= 15 is 0 Å². The summed E-state index contributed by atoms with van der Waals surface area (Å²) in [5.41, 5.74) is -0.830. The summed E-state index contributed by atoms with van der Waals surface area (Å²) in [5, 5.41) is 12.6. The van der Waals surface area contributed by atoms with Gasteiger partial charge in [0.05, 0.1) is 28.4 Å². The molecule has 0 radical (unpaired) electrons. The van der Waals surface area contributed by atoms with Gasteiger partial charge in [0.1, 0.15) is 0 Å². The minimum absolute atomic E-state index is 0.771. The van der Waals surface area contributed by atoms with Crippen LogP contribution in [0.4, 0.5) is 0 Å². The predicted octanol–water partition coefficient (Wildman–Crippen LogP) is 1.74. The fourth-order valence-electron chi connectivity index (χ4n) is 1.49. The Morgan fingerprint density at radius 2 is 2.22 bits per heavy atom. The number of ether oxygens (including phenoxy) is 2. The maximum atomic E-state index is 11.1. The SMILES string of the molecule is [2H]C([2H])([2H])Oc1cccc(C(O)C2([2H])C([2H])([2H])C([2H])([2H])NC([2H])([2H])C2([2H])[2H])c1OC([2H])([2H])[2H]. The Bertz CT molecular complexity index is 869. The third-order valence-corrected chi connectivity index (χ3v) is 2.31. The second-order valence-electron chi connectivity index (χ2n) is 3.32. The molecule has 18 heavy (non-hydrogen) atoms. The van der Waals surface area contributed by atoms with E-state index in [1.165, 1.54) is 5.32 Å². The Balaban J connectivity index is 2.84. The highest BCUT2D eigenvalue weighted by Crippen LogP contribution is 2.39. The van der Waals surface area contributed by atoms with Gasteiger partial charge in [0, 0.05) is 17.9 Å². The zero-order valence-corrected chi connectivity index (χ0v) is 9.07. The molecule has 100 valence electrons. The van der Waals surface area contributed by atoms with E-state index < -0.39 is 68.9 Å². The van der Waals surface area contributed by atoms with Gasteiger partial charge in [-0.3, -0.25) is 0 Å². The number of rotatable bonds is 4. The number of nitrogens with one attached hydrogen (secondary N) is 1. The molecule has 0 bridgehead atoms. The van der Waals surface area contributed by atoms with Gasteiger partial charge < -0.3 is 19.9 Å². The first-order valence-electron chi connectivity index (χ1n) is 12.4. The van der Waals surface area contributed by atoms with E-state index in [9.17, 15) is 5.11 Å². The van der Waals surface area contributed by atoms with E-state index in [2.05, 4.69) is 4.74 Å². The van der Waals surface area contributed by atoms with Crippen LogP contribution in [0.5, 0.6) is 11.5 Å². The molecule has 4 heteroatoms. The second kappa shape index (κ2) is 6.07. The summed E-state index contributed by atoms with van der Waals surface area (Å²) in [6, 6.07) is 2.82. The number of aliphatic hydroxyl groups is 1. The molecule has 1 aromatic carbocycles. The molecule has 1 aromatic rings. The van der Waals surface area contributed by atoms with Crippen LogP contribution in [0.1, 0.15) is 45.0 Å². The largest absolute Gasteiger partial charge is 0.493 e. The first-order chi connectivity index (χ1) is 14.4. The normalized spacial score (nSPS) is 45.1. The first-order valence-corrected chi connectivity index (χ1v) is 4.90. The van der Waals surface area contributed by atoms with Crippen LogP contribution in [0, 0.1) is 5.89 Å². The molecule has 1 atom stereocenters. The maximum Gasteiger partial charge on any atom is 0.166 e. The summed E-state index contributed by atoms with van der Waals surface area (Å²) in [7, 11) is -6.41. The van der Waals surface area contributed by atoms with Gasteiger partial charge >= 0.3 is 0 Å². The molecule has 1 unspecified atom stereocenters. The van der Waals surface area contributed by atoms with E-state index in [-0.39, 0.29) is 0 Å². The molecule has 4 nitrogen and oxygen atoms in total. The molecule has 0 aromatic heterocycles. The molecular weight excluding hydrogens is 230 g/mol. The number of para-hydroxylation sites is 1. The molecule has 1 saturated heterocycles. The van der Waals surface area contributed by atoms with Crippen molar-refractivity contribution in [2.24, 2.45) is 5.89 Å². The Kier molecular flexibility index (Phi) is 1.30. The average molecular weight is 266 g/mol. The van der Waals surface area contributed by atoms with Gasteiger partial charge in [-0.2, -0.15) is 0 Å². The molecule has 0 saturated carbocycles. The predicted molar refractivity (Wildman–Crippen MR) is 70.1 cm³/mol. The van der Waals surface area contributed by atoms with E-state index in [4.69, 9.17) is 25.3 Å². The van der Waals surface area contributed by atoms with Crippen molar-refractivity contribution in [3.63, 3.8) is 0 Å². The average Bonchev–Trinajstić information content (AvgIpc) is 2.57. The van der Waals surface area contributed by atoms with Crippen LogP contribution in [0.15, 0.2) is 18.2 Å². The van der Waals surface area contributed by atoms with Crippen molar-refractivity contribution in [1.82, 2.24) is 5.32 Å². The van der Waals surface area contributed by atoms with Crippen molar-refractivity contribution in [2.45, 2.75) is 18.8 Å². The number of methoxy groups -OCH3 is 2. The van der Waals surface area contributed by atoms with Gasteiger partial charge in [-0.15, -0.1) is 0 Å². The fourth-order valence-corrected chi connectivity index (χ4v) is 1.49. The number of benzene rings is 1. The smallest absolute Gasteiger partial charge is 0.166 e. The van der Waals surface area contributed by atoms with Crippen molar-refractivity contribution in [1.29, 1.82) is 0 Å². The molecule has 0 amide bonds. The lowest BCUT2D eigenvalue weighted by molar-refractivity contribution is 0.0860. The lowest BCUT2D eigenvalue weighted by Gasteiger charge is -2.28. The van der Waals surface area contributed by atoms with E-state index in [1.54, 1.807) is 0 Å². The van der Waals surface area contributed by atoms with Gasteiger partial charge in [-0.25, -0.2) is 0 Å². The summed E-state index contributed by atoms with van der Waals surface area (Å²) in [4.78, 5) is 0. The Labute approximate surface area is 129 Å². The number of piperidine rings is 1. The molecule has 1 fully saturated rings. The van der Waals surface area contributed by atoms with E-state index in [1.807, 2.05) is 0 Å². The lowest BCUT2D eigenvalue weighted by Crippen LogP contribution is -2.31. The minimum Gasteiger partial charge on any atom is -0.493 e. The summed E-state index contributed by atoms with van der Waals surface area (Å²) in [5.74, 6) is -5.42. The third-order valence-electron chi connectivity index (χ3n) is 2.31. The highest BCUT2D eigenvalue weighted by molar-refractivity contribution is 5.47. The van der Waals surface area contributed by atoms with E-state index in [0.29, 0.717) is 0 Å². The van der Waals surface area contributed by atoms with Gasteiger partial charge in [0.15, 0.2) is 11.5 Å². The zero-order chi connectivity index (χ0) is 26.1. The summed E-state index contributed by atoms with van der Waals surface area (Å²) >= 11 is 0. The summed E-state index contributed by atoms with van der Waals surface area (Å²) in [6.45, 7) is -6.77. The number of hydrogen-bond acceptors (Lipinski definition) is 4. The summed E-state index contributed by atoms with van der Waals surface area (Å²) in [6.07, 6.45) is -10.0. The van der Waals surface area contributed by atoms with E-state index in [0.717, 1.165) is 18.2 Å². The fraction of sp³-hybridized carbons (Fsp3) is 0.571. The second-order valence-corrected chi connectivity index (χ2v) is 3.32. The third kappa shape index (κ3) is 2.60. The Hall–Kier alpha value is -1.26. The van der Waals surface area contributed by atoms with Crippen molar-refractivity contribution < 1.29 is 35.1 Å². The molecule has 1 heterocycles. The standard InChI is InChI=1S/C14H21NO3/c1-17-12-5-3-4-11(14(12)18-2)13(16)10-6-8-15-9-7-10/h3-5,10,13,15-16H,6-9H2,1-2H3/i1D3,2D3,6D2,7D2,8D2,9D2,10D. The molecule has 2 rings (SSSR count). The molecule has 0 spiro atoms. The van der Waals surface area contributed by atoms with Crippen LogP contribution in [-0.2, 0) is 0 Å². The van der Waals surface area contributed by atoms with Crippen molar-refractivity contribution in [3.8, 4) is 11.5 Å². The Morgan fingerprint density at radius 1 is 1.44 bits per heavy atom. The highest BCUT2D eigenvalue weighted by Gasteiger charge is 2.26. The summed E-state index contributed by atoms with van der Waals surface area (Å²) < 4.78 is 126. The van der Waals surface area contributed by atoms with Crippen LogP contribution in [-0.4, -0.2) is 32.2 Å². The Morgan fingerprint density at radius 3 is 2.94 bits per heavy atom. The zero-order valence-electron chi connectivity index (χ0n) is 24.1. The minimum atomic E-state index is -3.66. The van der Waals surface area contributed by atoms with Crippen LogP contribution >= 0.6 is 0 Å². The van der Waals surface area contributed by atoms with Crippen LogP contribution < -0.4 is 14.8 Å². The molecular formula is C14H21NO3. The van der Waals surface area contributed by atoms with Crippen molar-refractivity contribution in [3.05, 3.63) is 23.8 Å². The van der Waals surface area contributed by atoms with Gasteiger partial charge in [0.2, 0.25) is 0 Å².